The lowest BCUT2D eigenvalue weighted by molar-refractivity contribution is 0.0939. The monoisotopic (exact) mass is 446 g/mol. The van der Waals surface area contributed by atoms with Gasteiger partial charge in [-0.25, -0.2) is 8.42 Å². The predicted molar refractivity (Wildman–Crippen MR) is 118 cm³/mol. The third-order valence-corrected chi connectivity index (χ3v) is 8.48. The topological polar surface area (TPSA) is 66.5 Å². The van der Waals surface area contributed by atoms with E-state index in [9.17, 15) is 13.2 Å². The molecule has 0 unspecified atom stereocenters. The van der Waals surface area contributed by atoms with Gasteiger partial charge in [-0.2, -0.15) is 4.31 Å². The number of fused-ring (bicyclic) bond motifs is 1. The van der Waals surface area contributed by atoms with E-state index in [0.717, 1.165) is 31.2 Å². The van der Waals surface area contributed by atoms with Crippen molar-refractivity contribution in [3.63, 3.8) is 0 Å². The fourth-order valence-electron chi connectivity index (χ4n) is 4.30. The molecule has 160 valence electrons. The number of carbonyl (C=O) groups is 1. The van der Waals surface area contributed by atoms with Gasteiger partial charge in [0.05, 0.1) is 11.1 Å². The third-order valence-electron chi connectivity index (χ3n) is 6.10. The van der Waals surface area contributed by atoms with E-state index in [0.29, 0.717) is 18.7 Å². The molecule has 2 aliphatic rings. The number of rotatable bonds is 5. The van der Waals surface area contributed by atoms with E-state index in [2.05, 4.69) is 23.5 Å². The van der Waals surface area contributed by atoms with Crippen LogP contribution in [0.5, 0.6) is 0 Å². The Morgan fingerprint density at radius 3 is 2.43 bits per heavy atom. The normalized spacial score (nSPS) is 18.1. The molecule has 1 aliphatic carbocycles. The zero-order valence-electron chi connectivity index (χ0n) is 17.2. The van der Waals surface area contributed by atoms with Crippen LogP contribution in [-0.2, 0) is 22.9 Å². The summed E-state index contributed by atoms with van der Waals surface area (Å²) in [7, 11) is -3.69. The lowest BCUT2D eigenvalue weighted by Gasteiger charge is -2.20. The Balaban J connectivity index is 1.53. The van der Waals surface area contributed by atoms with E-state index in [-0.39, 0.29) is 21.9 Å². The van der Waals surface area contributed by atoms with E-state index >= 15 is 0 Å². The molecule has 0 spiro atoms. The van der Waals surface area contributed by atoms with Crippen LogP contribution < -0.4 is 5.32 Å². The number of benzene rings is 2. The zero-order chi connectivity index (χ0) is 21.3. The molecule has 2 aromatic carbocycles. The lowest BCUT2D eigenvalue weighted by atomic mass is 9.89. The first-order valence-electron chi connectivity index (χ1n) is 10.6. The molecule has 1 amide bonds. The van der Waals surface area contributed by atoms with Gasteiger partial charge < -0.3 is 5.32 Å². The van der Waals surface area contributed by atoms with Crippen molar-refractivity contribution >= 4 is 27.5 Å². The Bertz CT molecular complexity index is 1060. The maximum atomic E-state index is 12.9. The van der Waals surface area contributed by atoms with Crippen molar-refractivity contribution in [2.45, 2.75) is 56.4 Å². The Kier molecular flexibility index (Phi) is 6.19. The molecule has 1 heterocycles. The number of hydrogen-bond donors (Lipinski definition) is 1. The number of aryl methyl sites for hydroxylation is 2. The van der Waals surface area contributed by atoms with Crippen molar-refractivity contribution in [2.24, 2.45) is 0 Å². The molecule has 4 rings (SSSR count). The second kappa shape index (κ2) is 8.69. The van der Waals surface area contributed by atoms with Crippen LogP contribution >= 0.6 is 11.6 Å². The smallest absolute Gasteiger partial charge is 0.251 e. The summed E-state index contributed by atoms with van der Waals surface area (Å²) >= 11 is 6.20. The minimum Gasteiger partial charge on any atom is -0.346 e. The average Bonchev–Trinajstić information content (AvgIpc) is 3.29. The standard InChI is InChI=1S/C23H27ClN2O3S/c1-16(18-9-8-17-6-2-3-7-19(17)14-18)25-23(27)20-10-11-21(24)22(15-20)30(28,29)26-12-4-5-13-26/h8-11,14-16H,2-7,12-13H2,1H3,(H,25,27)/t16-/m0/s1. The summed E-state index contributed by atoms with van der Waals surface area (Å²) in [6.07, 6.45) is 6.33. The Hall–Kier alpha value is -1.89. The van der Waals surface area contributed by atoms with Gasteiger partial charge in [-0.3, -0.25) is 4.79 Å². The minimum atomic E-state index is -3.69. The maximum Gasteiger partial charge on any atom is 0.251 e. The highest BCUT2D eigenvalue weighted by Gasteiger charge is 2.30. The number of hydrogen-bond acceptors (Lipinski definition) is 3. The molecule has 0 bridgehead atoms. The van der Waals surface area contributed by atoms with Crippen LogP contribution in [0.3, 0.4) is 0 Å². The Morgan fingerprint density at radius 2 is 1.70 bits per heavy atom. The van der Waals surface area contributed by atoms with Gasteiger partial charge in [0.2, 0.25) is 10.0 Å². The molecule has 2 aromatic rings. The summed E-state index contributed by atoms with van der Waals surface area (Å²) in [5.74, 6) is -0.310. The summed E-state index contributed by atoms with van der Waals surface area (Å²) in [5.41, 5.74) is 4.12. The van der Waals surface area contributed by atoms with Crippen molar-refractivity contribution in [3.05, 3.63) is 63.7 Å². The molecule has 7 heteroatoms. The molecular formula is C23H27ClN2O3S. The molecule has 1 fully saturated rings. The first-order valence-corrected chi connectivity index (χ1v) is 12.4. The van der Waals surface area contributed by atoms with Gasteiger partial charge in [-0.05, 0) is 80.3 Å². The third kappa shape index (κ3) is 4.27. The number of sulfonamides is 1. The average molecular weight is 447 g/mol. The van der Waals surface area contributed by atoms with E-state index in [1.54, 1.807) is 6.07 Å². The summed E-state index contributed by atoms with van der Waals surface area (Å²) in [5, 5.41) is 3.14. The molecule has 0 aromatic heterocycles. The van der Waals surface area contributed by atoms with E-state index in [1.807, 2.05) is 6.92 Å². The quantitative estimate of drug-likeness (QED) is 0.735. The van der Waals surface area contributed by atoms with E-state index < -0.39 is 10.0 Å². The first-order chi connectivity index (χ1) is 14.4. The van der Waals surface area contributed by atoms with Gasteiger partial charge >= 0.3 is 0 Å². The molecule has 30 heavy (non-hydrogen) atoms. The fraction of sp³-hybridized carbons (Fsp3) is 0.435. The molecule has 1 N–H and O–H groups in total. The number of carbonyl (C=O) groups excluding carboxylic acids is 1. The van der Waals surface area contributed by atoms with E-state index in [4.69, 9.17) is 11.6 Å². The van der Waals surface area contributed by atoms with E-state index in [1.165, 1.54) is 40.4 Å². The number of halogens is 1. The van der Waals surface area contributed by atoms with Gasteiger partial charge in [0.25, 0.3) is 5.91 Å². The van der Waals surface area contributed by atoms with Gasteiger partial charge in [0.15, 0.2) is 0 Å². The van der Waals surface area contributed by atoms with Gasteiger partial charge in [-0.15, -0.1) is 0 Å². The predicted octanol–water partition coefficient (Wildman–Crippen LogP) is 4.49. The van der Waals surface area contributed by atoms with Crippen molar-refractivity contribution in [1.29, 1.82) is 0 Å². The van der Waals surface area contributed by atoms with Crippen molar-refractivity contribution < 1.29 is 13.2 Å². The SMILES string of the molecule is C[C@H](NC(=O)c1ccc(Cl)c(S(=O)(=O)N2CCCC2)c1)c1ccc2c(c1)CCCC2. The largest absolute Gasteiger partial charge is 0.346 e. The summed E-state index contributed by atoms with van der Waals surface area (Å²) in [6, 6.07) is 10.7. The van der Waals surface area contributed by atoms with Crippen LogP contribution in [0.4, 0.5) is 0 Å². The van der Waals surface area contributed by atoms with Gasteiger partial charge in [0, 0.05) is 18.7 Å². The molecule has 1 atom stereocenters. The first kappa shape index (κ1) is 21.3. The Morgan fingerprint density at radius 1 is 1.00 bits per heavy atom. The van der Waals surface area contributed by atoms with Crippen LogP contribution in [0.2, 0.25) is 5.02 Å². The molecular weight excluding hydrogens is 420 g/mol. The maximum absolute atomic E-state index is 12.9. The molecule has 5 nitrogen and oxygen atoms in total. The molecule has 0 saturated carbocycles. The zero-order valence-corrected chi connectivity index (χ0v) is 18.7. The second-order valence-electron chi connectivity index (χ2n) is 8.19. The Labute approximate surface area is 183 Å². The van der Waals surface area contributed by atoms with Crippen molar-refractivity contribution in [3.8, 4) is 0 Å². The fourth-order valence-corrected chi connectivity index (χ4v) is 6.31. The summed E-state index contributed by atoms with van der Waals surface area (Å²) < 4.78 is 27.3. The highest BCUT2D eigenvalue weighted by atomic mass is 35.5. The molecule has 1 aliphatic heterocycles. The van der Waals surface area contributed by atoms with Crippen LogP contribution in [-0.4, -0.2) is 31.7 Å². The van der Waals surface area contributed by atoms with Gasteiger partial charge in [0.1, 0.15) is 4.90 Å². The number of amides is 1. The van der Waals surface area contributed by atoms with Crippen molar-refractivity contribution in [1.82, 2.24) is 9.62 Å². The van der Waals surface area contributed by atoms with Crippen LogP contribution in [0.1, 0.15) is 65.7 Å². The van der Waals surface area contributed by atoms with Gasteiger partial charge in [-0.1, -0.05) is 29.8 Å². The van der Waals surface area contributed by atoms with Crippen LogP contribution in [0, 0.1) is 0 Å². The lowest BCUT2D eigenvalue weighted by Crippen LogP contribution is -2.29. The van der Waals surface area contributed by atoms with Crippen LogP contribution in [0.15, 0.2) is 41.3 Å². The highest BCUT2D eigenvalue weighted by Crippen LogP contribution is 2.29. The summed E-state index contributed by atoms with van der Waals surface area (Å²) in [6.45, 7) is 2.93. The molecule has 0 radical (unpaired) electrons. The second-order valence-corrected chi connectivity index (χ2v) is 10.5. The molecule has 1 saturated heterocycles. The number of nitrogens with zero attached hydrogens (tertiary/aromatic N) is 1. The van der Waals surface area contributed by atoms with Crippen molar-refractivity contribution in [2.75, 3.05) is 13.1 Å². The minimum absolute atomic E-state index is 0.000139. The number of nitrogens with one attached hydrogen (secondary N) is 1. The highest BCUT2D eigenvalue weighted by molar-refractivity contribution is 7.89. The summed E-state index contributed by atoms with van der Waals surface area (Å²) in [4.78, 5) is 12.9. The van der Waals surface area contributed by atoms with Crippen LogP contribution in [0.25, 0.3) is 0 Å².